The summed E-state index contributed by atoms with van der Waals surface area (Å²) in [6.07, 6.45) is 4.24. The van der Waals surface area contributed by atoms with E-state index in [1.54, 1.807) is 0 Å². The maximum atomic E-state index is 13.0. The lowest BCUT2D eigenvalue weighted by Gasteiger charge is -2.40. The Morgan fingerprint density at radius 1 is 1.11 bits per heavy atom. The number of para-hydroxylation sites is 1. The van der Waals surface area contributed by atoms with Crippen LogP contribution in [0.15, 0.2) is 78.4 Å². The molecule has 1 aliphatic rings. The average molecular weight is 360 g/mol. The highest BCUT2D eigenvalue weighted by molar-refractivity contribution is 6.00. The number of hydrogen-bond donors (Lipinski definition) is 0. The zero-order valence-electron chi connectivity index (χ0n) is 16.5. The van der Waals surface area contributed by atoms with Crippen LogP contribution < -0.4 is 4.74 Å². The summed E-state index contributed by atoms with van der Waals surface area (Å²) in [7, 11) is 0. The van der Waals surface area contributed by atoms with E-state index in [9.17, 15) is 4.79 Å². The van der Waals surface area contributed by atoms with Gasteiger partial charge in [-0.25, -0.2) is 0 Å². The maximum Gasteiger partial charge on any atom is 0.170 e. The fourth-order valence-corrected chi connectivity index (χ4v) is 3.76. The summed E-state index contributed by atoms with van der Waals surface area (Å²) in [6, 6.07) is 17.7. The first kappa shape index (κ1) is 19.2. The first-order valence-corrected chi connectivity index (χ1v) is 9.57. The summed E-state index contributed by atoms with van der Waals surface area (Å²) in [5.41, 5.74) is 3.49. The number of ether oxygens (including phenoxy) is 1. The SMILES string of the molecule is C=C(C)C(CC=C(C)C)CC1(c2ccccc2)CC(=O)c2ccccc2O1. The van der Waals surface area contributed by atoms with Gasteiger partial charge in [0.15, 0.2) is 5.78 Å². The fraction of sp³-hybridized carbons (Fsp3) is 0.320. The van der Waals surface area contributed by atoms with Crippen molar-refractivity contribution in [2.45, 2.75) is 45.6 Å². The Morgan fingerprint density at radius 3 is 2.44 bits per heavy atom. The molecule has 0 spiro atoms. The number of fused-ring (bicyclic) bond motifs is 1. The molecule has 1 aliphatic heterocycles. The third-order valence-electron chi connectivity index (χ3n) is 5.32. The van der Waals surface area contributed by atoms with Gasteiger partial charge in [-0.3, -0.25) is 4.79 Å². The Hall–Kier alpha value is -2.61. The van der Waals surface area contributed by atoms with Crippen molar-refractivity contribution in [3.8, 4) is 5.75 Å². The van der Waals surface area contributed by atoms with Crippen molar-refractivity contribution in [2.75, 3.05) is 0 Å². The van der Waals surface area contributed by atoms with Crippen LogP contribution in [0, 0.1) is 5.92 Å². The molecule has 0 fully saturated rings. The Bertz CT molecular complexity index is 859. The van der Waals surface area contributed by atoms with Gasteiger partial charge in [-0.15, -0.1) is 0 Å². The number of carbonyl (C=O) groups excluding carboxylic acids is 1. The molecule has 2 heteroatoms. The van der Waals surface area contributed by atoms with Gasteiger partial charge in [0, 0.05) is 0 Å². The molecule has 0 saturated heterocycles. The van der Waals surface area contributed by atoms with Crippen LogP contribution in [0.5, 0.6) is 5.75 Å². The molecular weight excluding hydrogens is 332 g/mol. The summed E-state index contributed by atoms with van der Waals surface area (Å²) in [4.78, 5) is 13.0. The molecule has 2 aromatic carbocycles. The zero-order chi connectivity index (χ0) is 19.4. The van der Waals surface area contributed by atoms with Gasteiger partial charge in [0.25, 0.3) is 0 Å². The lowest BCUT2D eigenvalue weighted by atomic mass is 9.75. The number of allylic oxidation sites excluding steroid dienone is 3. The van der Waals surface area contributed by atoms with Gasteiger partial charge in [0.1, 0.15) is 11.4 Å². The molecule has 0 saturated carbocycles. The minimum Gasteiger partial charge on any atom is -0.481 e. The minimum absolute atomic E-state index is 0.142. The van der Waals surface area contributed by atoms with E-state index in [2.05, 4.69) is 45.6 Å². The number of ketones is 1. The van der Waals surface area contributed by atoms with Crippen LogP contribution in [0.1, 0.15) is 56.0 Å². The van der Waals surface area contributed by atoms with Crippen molar-refractivity contribution in [1.29, 1.82) is 0 Å². The highest BCUT2D eigenvalue weighted by atomic mass is 16.5. The van der Waals surface area contributed by atoms with Gasteiger partial charge in [0.2, 0.25) is 0 Å². The Morgan fingerprint density at radius 2 is 1.78 bits per heavy atom. The number of benzene rings is 2. The first-order chi connectivity index (χ1) is 12.9. The van der Waals surface area contributed by atoms with Crippen LogP contribution in [0.2, 0.25) is 0 Å². The molecule has 0 amide bonds. The van der Waals surface area contributed by atoms with E-state index in [4.69, 9.17) is 4.74 Å². The Kier molecular flexibility index (Phi) is 5.65. The molecule has 140 valence electrons. The molecule has 2 unspecified atom stereocenters. The molecule has 0 aliphatic carbocycles. The fourth-order valence-electron chi connectivity index (χ4n) is 3.76. The Labute approximate surface area is 162 Å². The number of hydrogen-bond acceptors (Lipinski definition) is 2. The summed E-state index contributed by atoms with van der Waals surface area (Å²) >= 11 is 0. The zero-order valence-corrected chi connectivity index (χ0v) is 16.5. The molecule has 3 rings (SSSR count). The first-order valence-electron chi connectivity index (χ1n) is 9.57. The van der Waals surface area contributed by atoms with Crippen molar-refractivity contribution in [3.05, 3.63) is 89.5 Å². The van der Waals surface area contributed by atoms with E-state index < -0.39 is 5.60 Å². The standard InChI is InChI=1S/C25H28O2/c1-18(2)14-15-20(19(3)4)16-25(21-10-6-5-7-11-21)17-23(26)22-12-8-9-13-24(22)27-25/h5-14,20H,3,15-17H2,1-2,4H3. The van der Waals surface area contributed by atoms with Crippen LogP contribution >= 0.6 is 0 Å². The predicted octanol–water partition coefficient (Wildman–Crippen LogP) is 6.49. The van der Waals surface area contributed by atoms with Crippen LogP contribution in [0.25, 0.3) is 0 Å². The molecule has 0 N–H and O–H groups in total. The molecule has 0 aromatic heterocycles. The van der Waals surface area contributed by atoms with Crippen molar-refractivity contribution in [1.82, 2.24) is 0 Å². The second kappa shape index (κ2) is 7.96. The van der Waals surface area contributed by atoms with E-state index in [0.717, 1.165) is 24.0 Å². The number of carbonyl (C=O) groups is 1. The summed E-state index contributed by atoms with van der Waals surface area (Å²) in [5.74, 6) is 1.07. The molecule has 1 heterocycles. The molecule has 0 radical (unpaired) electrons. The molecular formula is C25H28O2. The highest BCUT2D eigenvalue weighted by Gasteiger charge is 2.43. The van der Waals surface area contributed by atoms with Crippen LogP contribution in [-0.4, -0.2) is 5.78 Å². The smallest absolute Gasteiger partial charge is 0.170 e. The third-order valence-corrected chi connectivity index (χ3v) is 5.32. The van der Waals surface area contributed by atoms with Gasteiger partial charge >= 0.3 is 0 Å². The monoisotopic (exact) mass is 360 g/mol. The Balaban J connectivity index is 2.04. The largest absolute Gasteiger partial charge is 0.481 e. The number of Topliss-reactive ketones (excluding diaryl/α,β-unsaturated/α-hetero) is 1. The topological polar surface area (TPSA) is 26.3 Å². The third kappa shape index (κ3) is 4.21. The van der Waals surface area contributed by atoms with Crippen molar-refractivity contribution in [3.63, 3.8) is 0 Å². The van der Waals surface area contributed by atoms with E-state index in [1.807, 2.05) is 42.5 Å². The molecule has 2 aromatic rings. The van der Waals surface area contributed by atoms with Gasteiger partial charge in [0.05, 0.1) is 12.0 Å². The normalized spacial score (nSPS) is 19.6. The quantitative estimate of drug-likeness (QED) is 0.551. The summed E-state index contributed by atoms with van der Waals surface area (Å²) < 4.78 is 6.58. The van der Waals surface area contributed by atoms with Crippen LogP contribution in [-0.2, 0) is 5.60 Å². The maximum absolute atomic E-state index is 13.0. The lowest BCUT2D eigenvalue weighted by Crippen LogP contribution is -2.41. The van der Waals surface area contributed by atoms with Gasteiger partial charge in [-0.2, -0.15) is 0 Å². The van der Waals surface area contributed by atoms with Crippen LogP contribution in [0.4, 0.5) is 0 Å². The van der Waals surface area contributed by atoms with Gasteiger partial charge in [-0.05, 0) is 57.2 Å². The number of rotatable bonds is 6. The predicted molar refractivity (Wildman–Crippen MR) is 111 cm³/mol. The van der Waals surface area contributed by atoms with Crippen molar-refractivity contribution >= 4 is 5.78 Å². The second-order valence-corrected chi connectivity index (χ2v) is 7.82. The molecule has 2 nitrogen and oxygen atoms in total. The highest BCUT2D eigenvalue weighted by Crippen LogP contribution is 2.45. The molecule has 0 bridgehead atoms. The van der Waals surface area contributed by atoms with E-state index in [0.29, 0.717) is 17.7 Å². The molecule has 2 atom stereocenters. The average Bonchev–Trinajstić information content (AvgIpc) is 2.65. The lowest BCUT2D eigenvalue weighted by molar-refractivity contribution is 0.0227. The van der Waals surface area contributed by atoms with Crippen LogP contribution in [0.3, 0.4) is 0 Å². The minimum atomic E-state index is -0.661. The van der Waals surface area contributed by atoms with Gasteiger partial charge < -0.3 is 4.74 Å². The van der Waals surface area contributed by atoms with Gasteiger partial charge in [-0.1, -0.05) is 66.3 Å². The van der Waals surface area contributed by atoms with E-state index in [1.165, 1.54) is 5.57 Å². The van der Waals surface area contributed by atoms with E-state index >= 15 is 0 Å². The summed E-state index contributed by atoms with van der Waals surface area (Å²) in [6.45, 7) is 10.5. The van der Waals surface area contributed by atoms with E-state index in [-0.39, 0.29) is 11.7 Å². The molecule has 27 heavy (non-hydrogen) atoms. The van der Waals surface area contributed by atoms with Crippen molar-refractivity contribution in [2.24, 2.45) is 5.92 Å². The van der Waals surface area contributed by atoms with Crippen molar-refractivity contribution < 1.29 is 9.53 Å². The summed E-state index contributed by atoms with van der Waals surface area (Å²) in [5, 5.41) is 0. The second-order valence-electron chi connectivity index (χ2n) is 7.82.